The van der Waals surface area contributed by atoms with Crippen LogP contribution in [0, 0.1) is 5.82 Å². The average Bonchev–Trinajstić information content (AvgIpc) is 3.31. The Morgan fingerprint density at radius 2 is 1.76 bits per heavy atom. The molecule has 0 heterocycles. The van der Waals surface area contributed by atoms with Gasteiger partial charge in [0.25, 0.3) is 0 Å². The molecule has 0 bridgehead atoms. The molecule has 1 aromatic rings. The fourth-order valence-electron chi connectivity index (χ4n) is 3.29. The highest BCUT2D eigenvalue weighted by Crippen LogP contribution is 2.28. The third-order valence-electron chi connectivity index (χ3n) is 4.86. The molecule has 0 unspecified atom stereocenters. The number of urea groups is 1. The summed E-state index contributed by atoms with van der Waals surface area (Å²) in [5.74, 6) is -0.275. The molecule has 0 radical (unpaired) electrons. The molecule has 0 aliphatic heterocycles. The number of amides is 3. The molecular formula is C19H26FN3O2. The largest absolute Gasteiger partial charge is 0.353 e. The Balaban J connectivity index is 1.43. The number of carbonyl (C=O) groups is 2. The van der Waals surface area contributed by atoms with E-state index in [-0.39, 0.29) is 23.8 Å². The zero-order valence-corrected chi connectivity index (χ0v) is 14.5. The molecule has 2 N–H and O–H groups in total. The highest BCUT2D eigenvalue weighted by molar-refractivity contribution is 5.78. The first-order chi connectivity index (χ1) is 12.1. The summed E-state index contributed by atoms with van der Waals surface area (Å²) < 4.78 is 13.0. The molecular weight excluding hydrogens is 321 g/mol. The van der Waals surface area contributed by atoms with Crippen LogP contribution in [-0.4, -0.2) is 35.5 Å². The summed E-state index contributed by atoms with van der Waals surface area (Å²) in [7, 11) is 0. The van der Waals surface area contributed by atoms with Gasteiger partial charge >= 0.3 is 6.03 Å². The van der Waals surface area contributed by atoms with Gasteiger partial charge in [-0.05, 0) is 43.4 Å². The van der Waals surface area contributed by atoms with Crippen molar-refractivity contribution in [3.05, 3.63) is 35.6 Å². The molecule has 2 fully saturated rings. The van der Waals surface area contributed by atoms with Crippen LogP contribution < -0.4 is 10.6 Å². The monoisotopic (exact) mass is 347 g/mol. The molecule has 3 rings (SSSR count). The number of hydrogen-bond donors (Lipinski definition) is 2. The van der Waals surface area contributed by atoms with E-state index in [1.54, 1.807) is 17.0 Å². The summed E-state index contributed by atoms with van der Waals surface area (Å²) >= 11 is 0. The van der Waals surface area contributed by atoms with E-state index in [0.717, 1.165) is 31.2 Å². The Morgan fingerprint density at radius 3 is 2.40 bits per heavy atom. The first-order valence-electron chi connectivity index (χ1n) is 9.20. The highest BCUT2D eigenvalue weighted by atomic mass is 19.1. The summed E-state index contributed by atoms with van der Waals surface area (Å²) in [5.41, 5.74) is 0.905. The normalized spacial score (nSPS) is 17.3. The van der Waals surface area contributed by atoms with E-state index in [1.165, 1.54) is 25.0 Å². The van der Waals surface area contributed by atoms with Crippen molar-refractivity contribution in [3.63, 3.8) is 0 Å². The predicted molar refractivity (Wildman–Crippen MR) is 93.4 cm³/mol. The lowest BCUT2D eigenvalue weighted by Gasteiger charge is -2.23. The molecule has 3 amide bonds. The maximum absolute atomic E-state index is 13.0. The van der Waals surface area contributed by atoms with E-state index in [0.29, 0.717) is 25.6 Å². The van der Waals surface area contributed by atoms with Crippen LogP contribution in [0.5, 0.6) is 0 Å². The lowest BCUT2D eigenvalue weighted by molar-refractivity contribution is -0.121. The molecule has 0 spiro atoms. The van der Waals surface area contributed by atoms with E-state index in [9.17, 15) is 14.0 Å². The standard InChI is InChI=1S/C19H26FN3O2/c20-15-7-5-14(6-8-15)13-23(17-9-10-17)19(25)21-12-11-18(24)22-16-3-1-2-4-16/h5-8,16-17H,1-4,9-13H2,(H,21,25)(H,22,24). The van der Waals surface area contributed by atoms with Gasteiger partial charge in [-0.3, -0.25) is 4.79 Å². The molecule has 1 aromatic carbocycles. The molecule has 5 nitrogen and oxygen atoms in total. The smallest absolute Gasteiger partial charge is 0.317 e. The van der Waals surface area contributed by atoms with E-state index in [1.807, 2.05) is 0 Å². The van der Waals surface area contributed by atoms with Gasteiger partial charge in [0.2, 0.25) is 5.91 Å². The maximum atomic E-state index is 13.0. The van der Waals surface area contributed by atoms with Crippen molar-refractivity contribution >= 4 is 11.9 Å². The second kappa shape index (κ2) is 8.32. The minimum absolute atomic E-state index is 0.00343. The maximum Gasteiger partial charge on any atom is 0.317 e. The van der Waals surface area contributed by atoms with Crippen molar-refractivity contribution in [1.82, 2.24) is 15.5 Å². The first kappa shape index (κ1) is 17.7. The lowest BCUT2D eigenvalue weighted by Crippen LogP contribution is -2.42. The molecule has 136 valence electrons. The van der Waals surface area contributed by atoms with Gasteiger partial charge in [0, 0.05) is 31.6 Å². The number of benzene rings is 1. The molecule has 0 saturated heterocycles. The number of nitrogens with one attached hydrogen (secondary N) is 2. The zero-order valence-electron chi connectivity index (χ0n) is 14.5. The summed E-state index contributed by atoms with van der Waals surface area (Å²) in [6.45, 7) is 0.801. The molecule has 25 heavy (non-hydrogen) atoms. The number of halogens is 1. The van der Waals surface area contributed by atoms with Crippen molar-refractivity contribution in [2.75, 3.05) is 6.54 Å². The van der Waals surface area contributed by atoms with Crippen LogP contribution >= 0.6 is 0 Å². The molecule has 0 atom stereocenters. The molecule has 2 saturated carbocycles. The number of hydrogen-bond acceptors (Lipinski definition) is 2. The Labute approximate surface area is 148 Å². The Hall–Kier alpha value is -2.11. The van der Waals surface area contributed by atoms with Crippen LogP contribution in [0.15, 0.2) is 24.3 Å². The summed E-state index contributed by atoms with van der Waals surface area (Å²) in [4.78, 5) is 26.1. The fraction of sp³-hybridized carbons (Fsp3) is 0.579. The van der Waals surface area contributed by atoms with Crippen molar-refractivity contribution in [1.29, 1.82) is 0 Å². The highest BCUT2D eigenvalue weighted by Gasteiger charge is 2.32. The molecule has 2 aliphatic carbocycles. The predicted octanol–water partition coefficient (Wildman–Crippen LogP) is 2.95. The molecule has 2 aliphatic rings. The van der Waals surface area contributed by atoms with Gasteiger partial charge in [-0.15, -0.1) is 0 Å². The fourth-order valence-corrected chi connectivity index (χ4v) is 3.29. The van der Waals surface area contributed by atoms with Crippen LogP contribution in [0.1, 0.15) is 50.5 Å². The van der Waals surface area contributed by atoms with Gasteiger partial charge in [-0.2, -0.15) is 0 Å². The topological polar surface area (TPSA) is 61.4 Å². The quantitative estimate of drug-likeness (QED) is 0.797. The van der Waals surface area contributed by atoms with Crippen LogP contribution in [0.2, 0.25) is 0 Å². The Morgan fingerprint density at radius 1 is 1.08 bits per heavy atom. The van der Waals surface area contributed by atoms with Crippen molar-refractivity contribution in [3.8, 4) is 0 Å². The third kappa shape index (κ3) is 5.44. The second-order valence-electron chi connectivity index (χ2n) is 7.02. The van der Waals surface area contributed by atoms with Crippen LogP contribution in [-0.2, 0) is 11.3 Å². The summed E-state index contributed by atoms with van der Waals surface area (Å²) in [5, 5.41) is 5.87. The second-order valence-corrected chi connectivity index (χ2v) is 7.02. The van der Waals surface area contributed by atoms with Gasteiger partial charge in [0.1, 0.15) is 5.82 Å². The van der Waals surface area contributed by atoms with Gasteiger partial charge < -0.3 is 15.5 Å². The third-order valence-corrected chi connectivity index (χ3v) is 4.86. The first-order valence-corrected chi connectivity index (χ1v) is 9.20. The molecule has 0 aromatic heterocycles. The van der Waals surface area contributed by atoms with E-state index in [4.69, 9.17) is 0 Å². The number of nitrogens with zero attached hydrogens (tertiary/aromatic N) is 1. The van der Waals surface area contributed by atoms with Crippen molar-refractivity contribution in [2.24, 2.45) is 0 Å². The summed E-state index contributed by atoms with van der Waals surface area (Å²) in [6, 6.07) is 6.62. The Bertz CT molecular complexity index is 595. The summed E-state index contributed by atoms with van der Waals surface area (Å²) in [6.07, 6.45) is 6.78. The van der Waals surface area contributed by atoms with E-state index >= 15 is 0 Å². The van der Waals surface area contributed by atoms with Gasteiger partial charge in [0.05, 0.1) is 0 Å². The molecule has 6 heteroatoms. The Kier molecular flexibility index (Phi) is 5.89. The minimum Gasteiger partial charge on any atom is -0.353 e. The van der Waals surface area contributed by atoms with Crippen molar-refractivity contribution < 1.29 is 14.0 Å². The average molecular weight is 347 g/mol. The van der Waals surface area contributed by atoms with Crippen LogP contribution in [0.25, 0.3) is 0 Å². The van der Waals surface area contributed by atoms with E-state index < -0.39 is 0 Å². The van der Waals surface area contributed by atoms with Crippen LogP contribution in [0.3, 0.4) is 0 Å². The number of rotatable bonds is 7. The van der Waals surface area contributed by atoms with Gasteiger partial charge in [0.15, 0.2) is 0 Å². The van der Waals surface area contributed by atoms with Gasteiger partial charge in [-0.1, -0.05) is 25.0 Å². The van der Waals surface area contributed by atoms with Crippen LogP contribution in [0.4, 0.5) is 9.18 Å². The zero-order chi connectivity index (χ0) is 17.6. The SMILES string of the molecule is O=C(CCNC(=O)N(Cc1ccc(F)cc1)C1CC1)NC1CCCC1. The lowest BCUT2D eigenvalue weighted by atomic mass is 10.2. The van der Waals surface area contributed by atoms with Crippen molar-refractivity contribution in [2.45, 2.75) is 63.6 Å². The number of carbonyl (C=O) groups excluding carboxylic acids is 2. The van der Waals surface area contributed by atoms with Gasteiger partial charge in [-0.25, -0.2) is 9.18 Å². The minimum atomic E-state index is -0.278. The van der Waals surface area contributed by atoms with E-state index in [2.05, 4.69) is 10.6 Å².